The number of aromatic nitrogens is 2. The van der Waals surface area contributed by atoms with Crippen molar-refractivity contribution in [1.82, 2.24) is 15.1 Å². The van der Waals surface area contributed by atoms with Gasteiger partial charge in [0.05, 0.1) is 12.2 Å². The number of rotatable bonds is 5. The standard InChI is InChI=1S/C16H21N3O2/c1-3-6-17-16(13-10-18-19(2)11-13)12-4-5-14-15(9-12)21-8-7-20-14/h4-5,9-11,16-17H,3,6-8H2,1-2H3. The van der Waals surface area contributed by atoms with Crippen LogP contribution in [-0.4, -0.2) is 29.5 Å². The topological polar surface area (TPSA) is 48.3 Å². The third-order valence-corrected chi connectivity index (χ3v) is 3.56. The third kappa shape index (κ3) is 3.03. The molecule has 0 aliphatic carbocycles. The molecule has 0 saturated heterocycles. The molecule has 2 heterocycles. The fourth-order valence-corrected chi connectivity index (χ4v) is 2.55. The second kappa shape index (κ2) is 6.18. The second-order valence-electron chi connectivity index (χ2n) is 5.24. The summed E-state index contributed by atoms with van der Waals surface area (Å²) in [4.78, 5) is 0. The lowest BCUT2D eigenvalue weighted by Gasteiger charge is -2.22. The Morgan fingerprint density at radius 1 is 1.24 bits per heavy atom. The largest absolute Gasteiger partial charge is 0.486 e. The number of aryl methyl sites for hydroxylation is 1. The van der Waals surface area contributed by atoms with Crippen molar-refractivity contribution >= 4 is 0 Å². The highest BCUT2D eigenvalue weighted by molar-refractivity contribution is 5.46. The number of nitrogens with one attached hydrogen (secondary N) is 1. The van der Waals surface area contributed by atoms with Gasteiger partial charge < -0.3 is 14.8 Å². The van der Waals surface area contributed by atoms with Crippen molar-refractivity contribution in [2.75, 3.05) is 19.8 Å². The fourth-order valence-electron chi connectivity index (χ4n) is 2.55. The van der Waals surface area contributed by atoms with Gasteiger partial charge in [-0.3, -0.25) is 4.68 Å². The number of hydrogen-bond donors (Lipinski definition) is 1. The maximum absolute atomic E-state index is 5.69. The lowest BCUT2D eigenvalue weighted by Crippen LogP contribution is -2.23. The van der Waals surface area contributed by atoms with Crippen LogP contribution in [0, 0.1) is 0 Å². The smallest absolute Gasteiger partial charge is 0.161 e. The van der Waals surface area contributed by atoms with E-state index in [9.17, 15) is 0 Å². The van der Waals surface area contributed by atoms with Crippen LogP contribution < -0.4 is 14.8 Å². The maximum Gasteiger partial charge on any atom is 0.161 e. The van der Waals surface area contributed by atoms with Crippen molar-refractivity contribution in [3.05, 3.63) is 41.7 Å². The van der Waals surface area contributed by atoms with E-state index in [1.807, 2.05) is 30.2 Å². The molecule has 1 unspecified atom stereocenters. The van der Waals surface area contributed by atoms with Gasteiger partial charge in [0.2, 0.25) is 0 Å². The van der Waals surface area contributed by atoms with Crippen LogP contribution in [0.5, 0.6) is 11.5 Å². The minimum Gasteiger partial charge on any atom is -0.486 e. The van der Waals surface area contributed by atoms with Crippen LogP contribution in [0.1, 0.15) is 30.5 Å². The predicted molar refractivity (Wildman–Crippen MR) is 80.8 cm³/mol. The highest BCUT2D eigenvalue weighted by atomic mass is 16.6. The third-order valence-electron chi connectivity index (χ3n) is 3.56. The monoisotopic (exact) mass is 287 g/mol. The maximum atomic E-state index is 5.69. The van der Waals surface area contributed by atoms with Gasteiger partial charge in [0.1, 0.15) is 13.2 Å². The molecule has 0 spiro atoms. The molecule has 0 bridgehead atoms. The molecule has 1 aromatic carbocycles. The summed E-state index contributed by atoms with van der Waals surface area (Å²) in [6.07, 6.45) is 5.04. The summed E-state index contributed by atoms with van der Waals surface area (Å²) in [5.74, 6) is 1.65. The molecule has 0 saturated carbocycles. The number of nitrogens with zero attached hydrogens (tertiary/aromatic N) is 2. The highest BCUT2D eigenvalue weighted by Crippen LogP contribution is 2.34. The molecule has 112 valence electrons. The quantitative estimate of drug-likeness (QED) is 0.916. The van der Waals surface area contributed by atoms with Crippen LogP contribution in [0.2, 0.25) is 0 Å². The first-order valence-corrected chi connectivity index (χ1v) is 7.39. The average molecular weight is 287 g/mol. The highest BCUT2D eigenvalue weighted by Gasteiger charge is 2.19. The van der Waals surface area contributed by atoms with Gasteiger partial charge in [0.15, 0.2) is 11.5 Å². The second-order valence-corrected chi connectivity index (χ2v) is 5.24. The van der Waals surface area contributed by atoms with Crippen molar-refractivity contribution in [2.45, 2.75) is 19.4 Å². The van der Waals surface area contributed by atoms with Gasteiger partial charge in [-0.15, -0.1) is 0 Å². The van der Waals surface area contributed by atoms with Crippen molar-refractivity contribution in [1.29, 1.82) is 0 Å². The molecule has 21 heavy (non-hydrogen) atoms. The zero-order chi connectivity index (χ0) is 14.7. The van der Waals surface area contributed by atoms with Gasteiger partial charge in [-0.05, 0) is 30.7 Å². The van der Waals surface area contributed by atoms with E-state index in [1.165, 1.54) is 5.56 Å². The molecule has 1 atom stereocenters. The van der Waals surface area contributed by atoms with Gasteiger partial charge in [-0.1, -0.05) is 13.0 Å². The molecule has 1 aliphatic rings. The van der Waals surface area contributed by atoms with E-state index >= 15 is 0 Å². The van der Waals surface area contributed by atoms with E-state index in [1.54, 1.807) is 0 Å². The summed E-state index contributed by atoms with van der Waals surface area (Å²) in [6.45, 7) is 4.34. The summed E-state index contributed by atoms with van der Waals surface area (Å²) >= 11 is 0. The molecular formula is C16H21N3O2. The predicted octanol–water partition coefficient (Wildman–Crippen LogP) is 2.28. The van der Waals surface area contributed by atoms with Crippen molar-refractivity contribution in [2.24, 2.45) is 7.05 Å². The average Bonchev–Trinajstić information content (AvgIpc) is 2.94. The molecule has 0 amide bonds. The van der Waals surface area contributed by atoms with E-state index in [0.29, 0.717) is 13.2 Å². The first kappa shape index (κ1) is 13.9. The first-order valence-electron chi connectivity index (χ1n) is 7.39. The molecule has 0 fully saturated rings. The molecule has 5 heteroatoms. The lowest BCUT2D eigenvalue weighted by molar-refractivity contribution is 0.171. The molecule has 5 nitrogen and oxygen atoms in total. The Balaban J connectivity index is 1.92. The van der Waals surface area contributed by atoms with Crippen molar-refractivity contribution in [3.63, 3.8) is 0 Å². The minimum atomic E-state index is 0.120. The van der Waals surface area contributed by atoms with E-state index in [-0.39, 0.29) is 6.04 Å². The van der Waals surface area contributed by atoms with Crippen LogP contribution in [0.25, 0.3) is 0 Å². The lowest BCUT2D eigenvalue weighted by atomic mass is 10.0. The molecule has 1 aliphatic heterocycles. The summed E-state index contributed by atoms with van der Waals surface area (Å²) in [7, 11) is 1.93. The van der Waals surface area contributed by atoms with Crippen LogP contribution in [0.4, 0.5) is 0 Å². The number of ether oxygens (including phenoxy) is 2. The Morgan fingerprint density at radius 3 is 2.76 bits per heavy atom. The van der Waals surface area contributed by atoms with E-state index in [2.05, 4.69) is 29.5 Å². The SMILES string of the molecule is CCCNC(c1ccc2c(c1)OCCO2)c1cnn(C)c1. The van der Waals surface area contributed by atoms with Crippen LogP contribution in [0.15, 0.2) is 30.6 Å². The van der Waals surface area contributed by atoms with E-state index < -0.39 is 0 Å². The summed E-state index contributed by atoms with van der Waals surface area (Å²) in [5.41, 5.74) is 2.32. The van der Waals surface area contributed by atoms with Gasteiger partial charge >= 0.3 is 0 Å². The Hall–Kier alpha value is -2.01. The van der Waals surface area contributed by atoms with Crippen molar-refractivity contribution < 1.29 is 9.47 Å². The fraction of sp³-hybridized carbons (Fsp3) is 0.438. The molecule has 2 aromatic rings. The zero-order valence-electron chi connectivity index (χ0n) is 12.5. The summed E-state index contributed by atoms with van der Waals surface area (Å²) in [6, 6.07) is 6.26. The molecule has 1 aromatic heterocycles. The normalized spacial score (nSPS) is 15.0. The van der Waals surface area contributed by atoms with Gasteiger partial charge in [-0.2, -0.15) is 5.10 Å². The molecular weight excluding hydrogens is 266 g/mol. The Kier molecular flexibility index (Phi) is 4.10. The molecule has 3 rings (SSSR count). The minimum absolute atomic E-state index is 0.120. The Labute approximate surface area is 124 Å². The van der Waals surface area contributed by atoms with E-state index in [4.69, 9.17) is 9.47 Å². The van der Waals surface area contributed by atoms with Crippen LogP contribution in [0.3, 0.4) is 0 Å². The van der Waals surface area contributed by atoms with Gasteiger partial charge in [0.25, 0.3) is 0 Å². The number of fused-ring (bicyclic) bond motifs is 1. The number of benzene rings is 1. The first-order chi connectivity index (χ1) is 10.3. The van der Waals surface area contributed by atoms with Crippen LogP contribution in [-0.2, 0) is 7.05 Å². The van der Waals surface area contributed by atoms with Crippen LogP contribution >= 0.6 is 0 Å². The number of hydrogen-bond acceptors (Lipinski definition) is 4. The van der Waals surface area contributed by atoms with Gasteiger partial charge in [0, 0.05) is 18.8 Å². The van der Waals surface area contributed by atoms with Gasteiger partial charge in [-0.25, -0.2) is 0 Å². The summed E-state index contributed by atoms with van der Waals surface area (Å²) in [5, 5.41) is 7.85. The zero-order valence-corrected chi connectivity index (χ0v) is 12.5. The Bertz CT molecular complexity index is 609. The van der Waals surface area contributed by atoms with E-state index in [0.717, 1.165) is 30.0 Å². The summed E-state index contributed by atoms with van der Waals surface area (Å²) < 4.78 is 13.1. The Morgan fingerprint density at radius 2 is 2.05 bits per heavy atom. The van der Waals surface area contributed by atoms with Crippen molar-refractivity contribution in [3.8, 4) is 11.5 Å². The molecule has 0 radical (unpaired) electrons. The molecule has 1 N–H and O–H groups in total.